The minimum Gasteiger partial charge on any atom is -0.468 e. The lowest BCUT2D eigenvalue weighted by Crippen LogP contribution is -2.49. The van der Waals surface area contributed by atoms with Gasteiger partial charge in [0, 0.05) is 6.54 Å². The number of carbonyl (C=O) groups excluding carboxylic acids is 2. The normalized spacial score (nSPS) is 14.4. The van der Waals surface area contributed by atoms with Crippen molar-refractivity contribution in [2.45, 2.75) is 39.8 Å². The molecule has 0 radical (unpaired) electrons. The van der Waals surface area contributed by atoms with Crippen LogP contribution in [0, 0.1) is 5.92 Å². The summed E-state index contributed by atoms with van der Waals surface area (Å²) in [7, 11) is 1.32. The Labute approximate surface area is 96.9 Å². The Kier molecular flexibility index (Phi) is 6.72. The number of carbonyl (C=O) groups is 2. The van der Waals surface area contributed by atoms with E-state index in [4.69, 9.17) is 0 Å². The number of ether oxygens (including phenoxy) is 1. The highest BCUT2D eigenvalue weighted by Crippen LogP contribution is 1.92. The first kappa shape index (κ1) is 14.9. The number of hydrogen-bond acceptors (Lipinski definition) is 4. The molecule has 0 aromatic heterocycles. The van der Waals surface area contributed by atoms with Crippen molar-refractivity contribution in [3.8, 4) is 0 Å². The average molecular weight is 230 g/mol. The number of amides is 1. The molecule has 2 unspecified atom stereocenters. The molecule has 2 N–H and O–H groups in total. The molecule has 0 aliphatic rings. The first-order valence-corrected chi connectivity index (χ1v) is 5.50. The van der Waals surface area contributed by atoms with Crippen molar-refractivity contribution < 1.29 is 14.3 Å². The summed E-state index contributed by atoms with van der Waals surface area (Å²) in [5.41, 5.74) is 0. The van der Waals surface area contributed by atoms with Crippen molar-refractivity contribution in [1.29, 1.82) is 0 Å². The van der Waals surface area contributed by atoms with Crippen LogP contribution in [-0.4, -0.2) is 37.6 Å². The average Bonchev–Trinajstić information content (AvgIpc) is 2.24. The minimum atomic E-state index is -0.482. The van der Waals surface area contributed by atoms with E-state index in [1.54, 1.807) is 13.8 Å². The van der Waals surface area contributed by atoms with Gasteiger partial charge in [0.15, 0.2) is 0 Å². The van der Waals surface area contributed by atoms with Crippen molar-refractivity contribution in [3.63, 3.8) is 0 Å². The Balaban J connectivity index is 4.00. The molecule has 1 amide bonds. The maximum absolute atomic E-state index is 11.6. The fourth-order valence-electron chi connectivity index (χ4n) is 1.15. The molecule has 0 saturated heterocycles. The lowest BCUT2D eigenvalue weighted by molar-refractivity contribution is -0.143. The highest BCUT2D eigenvalue weighted by Gasteiger charge is 2.19. The van der Waals surface area contributed by atoms with Crippen molar-refractivity contribution >= 4 is 11.9 Å². The largest absolute Gasteiger partial charge is 0.468 e. The Hall–Kier alpha value is -1.10. The molecule has 0 bridgehead atoms. The van der Waals surface area contributed by atoms with Crippen molar-refractivity contribution in [2.75, 3.05) is 13.7 Å². The molecular weight excluding hydrogens is 208 g/mol. The maximum Gasteiger partial charge on any atom is 0.322 e. The van der Waals surface area contributed by atoms with Crippen LogP contribution in [0.25, 0.3) is 0 Å². The quantitative estimate of drug-likeness (QED) is 0.644. The van der Waals surface area contributed by atoms with Crippen LogP contribution in [0.3, 0.4) is 0 Å². The number of rotatable bonds is 6. The van der Waals surface area contributed by atoms with Gasteiger partial charge in [-0.25, -0.2) is 0 Å². The van der Waals surface area contributed by atoms with Gasteiger partial charge in [-0.1, -0.05) is 13.8 Å². The minimum absolute atomic E-state index is 0.107. The molecule has 0 heterocycles. The molecule has 0 aliphatic carbocycles. The smallest absolute Gasteiger partial charge is 0.322 e. The van der Waals surface area contributed by atoms with Crippen LogP contribution < -0.4 is 10.6 Å². The molecule has 0 aliphatic heterocycles. The zero-order valence-corrected chi connectivity index (χ0v) is 10.7. The van der Waals surface area contributed by atoms with Gasteiger partial charge in [-0.15, -0.1) is 0 Å². The van der Waals surface area contributed by atoms with E-state index >= 15 is 0 Å². The fraction of sp³-hybridized carbons (Fsp3) is 0.818. The predicted octanol–water partition coefficient (Wildman–Crippen LogP) is 0.298. The Morgan fingerprint density at radius 1 is 1.12 bits per heavy atom. The molecule has 5 nitrogen and oxygen atoms in total. The van der Waals surface area contributed by atoms with Crippen molar-refractivity contribution in [2.24, 2.45) is 5.92 Å². The van der Waals surface area contributed by atoms with Gasteiger partial charge in [0.2, 0.25) is 5.91 Å². The zero-order valence-electron chi connectivity index (χ0n) is 10.7. The third-order valence-corrected chi connectivity index (χ3v) is 2.13. The SMILES string of the molecule is COC(=O)C(C)NC(C)C(=O)NCC(C)C. The highest BCUT2D eigenvalue weighted by atomic mass is 16.5. The van der Waals surface area contributed by atoms with Crippen LogP contribution in [-0.2, 0) is 14.3 Å². The molecule has 2 atom stereocenters. The van der Waals surface area contributed by atoms with E-state index in [2.05, 4.69) is 15.4 Å². The van der Waals surface area contributed by atoms with Crippen LogP contribution in [0.2, 0.25) is 0 Å². The van der Waals surface area contributed by atoms with Gasteiger partial charge in [-0.05, 0) is 19.8 Å². The summed E-state index contributed by atoms with van der Waals surface area (Å²) in [5.74, 6) is -0.0675. The Morgan fingerprint density at radius 3 is 2.12 bits per heavy atom. The Morgan fingerprint density at radius 2 is 1.69 bits per heavy atom. The second-order valence-corrected chi connectivity index (χ2v) is 4.27. The predicted molar refractivity (Wildman–Crippen MR) is 61.9 cm³/mol. The summed E-state index contributed by atoms with van der Waals surface area (Å²) >= 11 is 0. The second-order valence-electron chi connectivity index (χ2n) is 4.27. The van der Waals surface area contributed by atoms with Crippen LogP contribution in [0.1, 0.15) is 27.7 Å². The van der Waals surface area contributed by atoms with Crippen LogP contribution in [0.5, 0.6) is 0 Å². The zero-order chi connectivity index (χ0) is 12.7. The van der Waals surface area contributed by atoms with E-state index in [9.17, 15) is 9.59 Å². The maximum atomic E-state index is 11.6. The lowest BCUT2D eigenvalue weighted by Gasteiger charge is -2.18. The van der Waals surface area contributed by atoms with E-state index in [0.717, 1.165) is 0 Å². The molecule has 0 rings (SSSR count). The summed E-state index contributed by atoms with van der Waals surface area (Å²) in [4.78, 5) is 22.7. The van der Waals surface area contributed by atoms with E-state index in [0.29, 0.717) is 12.5 Å². The van der Waals surface area contributed by atoms with E-state index < -0.39 is 12.1 Å². The van der Waals surface area contributed by atoms with Gasteiger partial charge in [-0.2, -0.15) is 0 Å². The van der Waals surface area contributed by atoms with Crippen LogP contribution in [0.15, 0.2) is 0 Å². The summed E-state index contributed by atoms with van der Waals surface area (Å²) in [6.45, 7) is 8.06. The molecule has 0 fully saturated rings. The monoisotopic (exact) mass is 230 g/mol. The second kappa shape index (κ2) is 7.22. The highest BCUT2D eigenvalue weighted by molar-refractivity contribution is 5.82. The van der Waals surface area contributed by atoms with Gasteiger partial charge >= 0.3 is 5.97 Å². The molecule has 94 valence electrons. The van der Waals surface area contributed by atoms with Crippen LogP contribution in [0.4, 0.5) is 0 Å². The van der Waals surface area contributed by atoms with E-state index in [1.807, 2.05) is 13.8 Å². The summed E-state index contributed by atoms with van der Waals surface area (Å²) in [6.07, 6.45) is 0. The number of methoxy groups -OCH3 is 1. The van der Waals surface area contributed by atoms with Gasteiger partial charge < -0.3 is 10.1 Å². The summed E-state index contributed by atoms with van der Waals surface area (Å²) in [6, 6.07) is -0.891. The molecular formula is C11H22N2O3. The molecule has 16 heavy (non-hydrogen) atoms. The number of hydrogen-bond donors (Lipinski definition) is 2. The van der Waals surface area contributed by atoms with Gasteiger partial charge in [0.25, 0.3) is 0 Å². The van der Waals surface area contributed by atoms with Crippen molar-refractivity contribution in [1.82, 2.24) is 10.6 Å². The Bertz CT molecular complexity index is 241. The molecule has 0 saturated carbocycles. The number of esters is 1. The summed E-state index contributed by atoms with van der Waals surface area (Å²) in [5, 5.41) is 5.66. The van der Waals surface area contributed by atoms with Gasteiger partial charge in [0.1, 0.15) is 6.04 Å². The van der Waals surface area contributed by atoms with E-state index in [-0.39, 0.29) is 11.9 Å². The van der Waals surface area contributed by atoms with E-state index in [1.165, 1.54) is 7.11 Å². The lowest BCUT2D eigenvalue weighted by atomic mass is 10.2. The van der Waals surface area contributed by atoms with Gasteiger partial charge in [0.05, 0.1) is 13.2 Å². The van der Waals surface area contributed by atoms with Crippen LogP contribution >= 0.6 is 0 Å². The third kappa shape index (κ3) is 5.70. The van der Waals surface area contributed by atoms with Crippen molar-refractivity contribution in [3.05, 3.63) is 0 Å². The topological polar surface area (TPSA) is 67.4 Å². The standard InChI is InChI=1S/C11H22N2O3/c1-7(2)6-12-10(14)8(3)13-9(4)11(15)16-5/h7-9,13H,6H2,1-5H3,(H,12,14). The fourth-order valence-corrected chi connectivity index (χ4v) is 1.15. The summed E-state index contributed by atoms with van der Waals surface area (Å²) < 4.78 is 4.56. The molecule has 0 aromatic carbocycles. The third-order valence-electron chi connectivity index (χ3n) is 2.13. The molecule has 5 heteroatoms. The van der Waals surface area contributed by atoms with Gasteiger partial charge in [-0.3, -0.25) is 14.9 Å². The molecule has 0 spiro atoms. The number of nitrogens with one attached hydrogen (secondary N) is 2. The first-order chi connectivity index (χ1) is 7.38. The molecule has 0 aromatic rings. The first-order valence-electron chi connectivity index (χ1n) is 5.50.